The summed E-state index contributed by atoms with van der Waals surface area (Å²) in [4.78, 5) is 16.2. The third-order valence-electron chi connectivity index (χ3n) is 2.73. The van der Waals surface area contributed by atoms with Crippen molar-refractivity contribution in [3.05, 3.63) is 36.9 Å². The SMILES string of the molecule is C[Si](C)(COc1ncccn1)O[Si](C)(C)COc1ncccn1. The Morgan fingerprint density at radius 3 is 1.39 bits per heavy atom. The number of ether oxygens (including phenoxy) is 2. The molecule has 7 nitrogen and oxygen atoms in total. The highest BCUT2D eigenvalue weighted by Crippen LogP contribution is 2.16. The van der Waals surface area contributed by atoms with Crippen molar-refractivity contribution in [2.24, 2.45) is 0 Å². The van der Waals surface area contributed by atoms with Crippen molar-refractivity contribution in [1.29, 1.82) is 0 Å². The fraction of sp³-hybridized carbons (Fsp3) is 0.429. The maximum absolute atomic E-state index is 6.39. The van der Waals surface area contributed by atoms with Gasteiger partial charge in [0.15, 0.2) is 0 Å². The fourth-order valence-electron chi connectivity index (χ4n) is 2.00. The lowest BCUT2D eigenvalue weighted by atomic mass is 10.7. The zero-order chi connectivity index (χ0) is 16.8. The Morgan fingerprint density at radius 2 is 1.04 bits per heavy atom. The van der Waals surface area contributed by atoms with Crippen LogP contribution in [0.15, 0.2) is 36.9 Å². The molecule has 0 spiro atoms. The molecule has 23 heavy (non-hydrogen) atoms. The standard InChI is InChI=1S/C14H22N4O3Si2/c1-22(2,11-19-13-15-7-5-8-16-13)21-23(3,4)12-20-14-17-9-6-10-18-14/h5-10H,11-12H2,1-4H3. The molecule has 0 bridgehead atoms. The molecule has 124 valence electrons. The highest BCUT2D eigenvalue weighted by molar-refractivity contribution is 6.84. The number of aromatic nitrogens is 4. The summed E-state index contributed by atoms with van der Waals surface area (Å²) in [6.45, 7) is 8.46. The van der Waals surface area contributed by atoms with E-state index in [1.54, 1.807) is 36.9 Å². The molecule has 2 heterocycles. The Bertz CT molecular complexity index is 546. The van der Waals surface area contributed by atoms with Gasteiger partial charge in [-0.15, -0.1) is 0 Å². The van der Waals surface area contributed by atoms with E-state index in [2.05, 4.69) is 46.1 Å². The summed E-state index contributed by atoms with van der Waals surface area (Å²) in [5.74, 6) is 0. The Labute approximate surface area is 138 Å². The minimum Gasteiger partial charge on any atom is -0.464 e. The van der Waals surface area contributed by atoms with Crippen LogP contribution in [0.25, 0.3) is 0 Å². The first-order chi connectivity index (χ1) is 10.9. The molecule has 0 amide bonds. The van der Waals surface area contributed by atoms with Gasteiger partial charge in [-0.25, -0.2) is 19.9 Å². The summed E-state index contributed by atoms with van der Waals surface area (Å²) < 4.78 is 17.7. The number of nitrogens with zero attached hydrogens (tertiary/aromatic N) is 4. The molecule has 0 unspecified atom stereocenters. The predicted molar refractivity (Wildman–Crippen MR) is 91.1 cm³/mol. The Morgan fingerprint density at radius 1 is 0.696 bits per heavy atom. The highest BCUT2D eigenvalue weighted by Gasteiger charge is 2.35. The van der Waals surface area contributed by atoms with E-state index in [-0.39, 0.29) is 0 Å². The number of hydrogen-bond acceptors (Lipinski definition) is 7. The second-order valence-corrected chi connectivity index (χ2v) is 14.7. The minimum atomic E-state index is -2.02. The van der Waals surface area contributed by atoms with E-state index in [9.17, 15) is 0 Å². The monoisotopic (exact) mass is 350 g/mol. The lowest BCUT2D eigenvalue weighted by Gasteiger charge is -2.32. The van der Waals surface area contributed by atoms with Gasteiger partial charge in [0.25, 0.3) is 0 Å². The molecular formula is C14H22N4O3Si2. The van der Waals surface area contributed by atoms with Crippen molar-refractivity contribution in [1.82, 2.24) is 19.9 Å². The Balaban J connectivity index is 1.84. The van der Waals surface area contributed by atoms with Crippen molar-refractivity contribution in [3.8, 4) is 12.0 Å². The van der Waals surface area contributed by atoms with E-state index in [1.165, 1.54) is 0 Å². The summed E-state index contributed by atoms with van der Waals surface area (Å²) >= 11 is 0. The van der Waals surface area contributed by atoms with E-state index in [4.69, 9.17) is 13.6 Å². The molecule has 0 N–H and O–H groups in total. The lowest BCUT2D eigenvalue weighted by Crippen LogP contribution is -2.51. The maximum Gasteiger partial charge on any atom is 0.316 e. The number of rotatable bonds is 8. The van der Waals surface area contributed by atoms with Gasteiger partial charge in [0, 0.05) is 24.8 Å². The van der Waals surface area contributed by atoms with E-state index >= 15 is 0 Å². The van der Waals surface area contributed by atoms with E-state index in [1.807, 2.05) is 0 Å². The molecule has 0 atom stereocenters. The molecule has 0 aliphatic carbocycles. The quantitative estimate of drug-likeness (QED) is 0.675. The second-order valence-electron chi connectivity index (χ2n) is 6.26. The topological polar surface area (TPSA) is 79.3 Å². The zero-order valence-electron chi connectivity index (χ0n) is 13.9. The maximum atomic E-state index is 6.39. The molecule has 0 aliphatic heterocycles. The summed E-state index contributed by atoms with van der Waals surface area (Å²) in [7, 11) is -4.04. The first-order valence-electron chi connectivity index (χ1n) is 7.36. The van der Waals surface area contributed by atoms with Crippen LogP contribution in [0.2, 0.25) is 26.2 Å². The molecule has 0 aromatic carbocycles. The zero-order valence-corrected chi connectivity index (χ0v) is 15.9. The van der Waals surface area contributed by atoms with Crippen LogP contribution < -0.4 is 9.47 Å². The summed E-state index contributed by atoms with van der Waals surface area (Å²) in [5.41, 5.74) is 0. The van der Waals surface area contributed by atoms with E-state index < -0.39 is 16.6 Å². The van der Waals surface area contributed by atoms with Crippen molar-refractivity contribution >= 4 is 16.6 Å². The average molecular weight is 351 g/mol. The van der Waals surface area contributed by atoms with Crippen molar-refractivity contribution in [2.75, 3.05) is 12.5 Å². The summed E-state index contributed by atoms with van der Waals surface area (Å²) in [5, 5.41) is 0. The third kappa shape index (κ3) is 6.42. The van der Waals surface area contributed by atoms with Crippen LogP contribution in [-0.4, -0.2) is 49.0 Å². The van der Waals surface area contributed by atoms with Crippen LogP contribution in [0.1, 0.15) is 0 Å². The lowest BCUT2D eigenvalue weighted by molar-refractivity contribution is 0.306. The van der Waals surface area contributed by atoms with Gasteiger partial charge in [0.1, 0.15) is 12.5 Å². The van der Waals surface area contributed by atoms with Crippen LogP contribution in [0.3, 0.4) is 0 Å². The molecule has 0 radical (unpaired) electrons. The van der Waals surface area contributed by atoms with Gasteiger partial charge in [0.05, 0.1) is 0 Å². The minimum absolute atomic E-state index is 0.380. The van der Waals surface area contributed by atoms with Gasteiger partial charge in [-0.1, -0.05) is 0 Å². The van der Waals surface area contributed by atoms with Gasteiger partial charge >= 0.3 is 12.0 Å². The van der Waals surface area contributed by atoms with Crippen LogP contribution in [0.5, 0.6) is 12.0 Å². The molecule has 0 saturated carbocycles. The summed E-state index contributed by atoms with van der Waals surface area (Å²) in [6.07, 6.45) is 7.62. The molecular weight excluding hydrogens is 328 g/mol. The van der Waals surface area contributed by atoms with Crippen LogP contribution in [-0.2, 0) is 4.12 Å². The fourth-order valence-corrected chi connectivity index (χ4v) is 9.41. The van der Waals surface area contributed by atoms with Gasteiger partial charge < -0.3 is 13.6 Å². The molecule has 9 heteroatoms. The normalized spacial score (nSPS) is 12.0. The molecule has 2 aromatic rings. The first kappa shape index (κ1) is 17.5. The second kappa shape index (κ2) is 7.62. The van der Waals surface area contributed by atoms with Crippen LogP contribution in [0.4, 0.5) is 0 Å². The molecule has 0 fully saturated rings. The smallest absolute Gasteiger partial charge is 0.316 e. The summed E-state index contributed by atoms with van der Waals surface area (Å²) in [6, 6.07) is 4.27. The van der Waals surface area contributed by atoms with Crippen LogP contribution in [0, 0.1) is 0 Å². The molecule has 2 aromatic heterocycles. The molecule has 2 rings (SSSR count). The largest absolute Gasteiger partial charge is 0.464 e. The van der Waals surface area contributed by atoms with Gasteiger partial charge in [-0.3, -0.25) is 0 Å². The van der Waals surface area contributed by atoms with E-state index in [0.717, 1.165) is 0 Å². The molecule has 0 aliphatic rings. The first-order valence-corrected chi connectivity index (χ1v) is 13.6. The van der Waals surface area contributed by atoms with E-state index in [0.29, 0.717) is 24.5 Å². The van der Waals surface area contributed by atoms with Crippen molar-refractivity contribution < 1.29 is 13.6 Å². The van der Waals surface area contributed by atoms with Crippen molar-refractivity contribution in [2.45, 2.75) is 26.2 Å². The number of hydrogen-bond donors (Lipinski definition) is 0. The average Bonchev–Trinajstić information content (AvgIpc) is 2.52. The van der Waals surface area contributed by atoms with Crippen molar-refractivity contribution in [3.63, 3.8) is 0 Å². The predicted octanol–water partition coefficient (Wildman–Crippen LogP) is 2.23. The van der Waals surface area contributed by atoms with Crippen LogP contribution >= 0.6 is 0 Å². The van der Waals surface area contributed by atoms with Gasteiger partial charge in [-0.05, 0) is 38.3 Å². The van der Waals surface area contributed by atoms with Gasteiger partial charge in [-0.2, -0.15) is 0 Å². The third-order valence-corrected chi connectivity index (χ3v) is 8.83. The van der Waals surface area contributed by atoms with Gasteiger partial charge in [0.2, 0.25) is 16.6 Å². The Kier molecular flexibility index (Phi) is 5.80. The Hall–Kier alpha value is -1.85. The molecule has 0 saturated heterocycles. The highest BCUT2D eigenvalue weighted by atomic mass is 28.4.